The van der Waals surface area contributed by atoms with E-state index in [9.17, 15) is 4.39 Å². The highest BCUT2D eigenvalue weighted by Crippen LogP contribution is 2.12. The van der Waals surface area contributed by atoms with Gasteiger partial charge in [-0.2, -0.15) is 0 Å². The van der Waals surface area contributed by atoms with Crippen molar-refractivity contribution in [3.63, 3.8) is 0 Å². The topological polar surface area (TPSA) is 12.0 Å². The Bertz CT molecular complexity index is 327. The zero-order valence-electron chi connectivity index (χ0n) is 8.26. The normalized spacial score (nSPS) is 12.1. The first kappa shape index (κ1) is 10.7. The average Bonchev–Trinajstić information content (AvgIpc) is 2.18. The standard InChI is InChI=1S/C12H14FN/c1-3-4-8-14-10(2)11-6-5-7-12(13)9-11/h1,5-7,9-10,14H,4,8H2,2H3/t10-/m0/s1. The molecular formula is C12H14FN. The van der Waals surface area contributed by atoms with Crippen LogP contribution in [-0.2, 0) is 0 Å². The summed E-state index contributed by atoms with van der Waals surface area (Å²) in [6, 6.07) is 6.73. The second-order valence-electron chi connectivity index (χ2n) is 3.18. The van der Waals surface area contributed by atoms with Gasteiger partial charge in [-0.25, -0.2) is 4.39 Å². The lowest BCUT2D eigenvalue weighted by Crippen LogP contribution is -2.19. The van der Waals surface area contributed by atoms with Crippen molar-refractivity contribution in [3.05, 3.63) is 35.6 Å². The minimum Gasteiger partial charge on any atom is -0.309 e. The largest absolute Gasteiger partial charge is 0.309 e. The lowest BCUT2D eigenvalue weighted by molar-refractivity contribution is 0.573. The fourth-order valence-corrected chi connectivity index (χ4v) is 1.25. The van der Waals surface area contributed by atoms with E-state index in [0.717, 1.165) is 12.1 Å². The Hall–Kier alpha value is -1.33. The summed E-state index contributed by atoms with van der Waals surface area (Å²) in [5, 5.41) is 3.22. The van der Waals surface area contributed by atoms with Crippen molar-refractivity contribution >= 4 is 0 Å². The molecule has 0 aliphatic rings. The van der Waals surface area contributed by atoms with Gasteiger partial charge in [-0.15, -0.1) is 12.3 Å². The summed E-state index contributed by atoms with van der Waals surface area (Å²) < 4.78 is 12.9. The highest BCUT2D eigenvalue weighted by Gasteiger charge is 2.03. The van der Waals surface area contributed by atoms with Gasteiger partial charge in [-0.1, -0.05) is 12.1 Å². The lowest BCUT2D eigenvalue weighted by Gasteiger charge is -2.12. The molecule has 0 amide bonds. The van der Waals surface area contributed by atoms with Crippen LogP contribution in [-0.4, -0.2) is 6.54 Å². The Morgan fingerprint density at radius 2 is 2.36 bits per heavy atom. The summed E-state index contributed by atoms with van der Waals surface area (Å²) in [4.78, 5) is 0. The van der Waals surface area contributed by atoms with Crippen molar-refractivity contribution in [1.82, 2.24) is 5.32 Å². The van der Waals surface area contributed by atoms with E-state index in [1.165, 1.54) is 12.1 Å². The molecule has 0 fully saturated rings. The molecule has 0 spiro atoms. The van der Waals surface area contributed by atoms with Gasteiger partial charge in [0.05, 0.1) is 0 Å². The van der Waals surface area contributed by atoms with Crippen LogP contribution in [0.3, 0.4) is 0 Å². The van der Waals surface area contributed by atoms with Crippen LogP contribution >= 0.6 is 0 Å². The number of hydrogen-bond acceptors (Lipinski definition) is 1. The van der Waals surface area contributed by atoms with E-state index in [4.69, 9.17) is 6.42 Å². The monoisotopic (exact) mass is 191 g/mol. The van der Waals surface area contributed by atoms with E-state index in [2.05, 4.69) is 11.2 Å². The number of benzene rings is 1. The van der Waals surface area contributed by atoms with Crippen molar-refractivity contribution in [2.75, 3.05) is 6.54 Å². The molecule has 0 saturated heterocycles. The van der Waals surface area contributed by atoms with Crippen molar-refractivity contribution in [2.45, 2.75) is 19.4 Å². The van der Waals surface area contributed by atoms with Crippen LogP contribution in [0.5, 0.6) is 0 Å². The van der Waals surface area contributed by atoms with Gasteiger partial charge in [0.25, 0.3) is 0 Å². The predicted molar refractivity (Wildman–Crippen MR) is 56.3 cm³/mol. The fourth-order valence-electron chi connectivity index (χ4n) is 1.25. The van der Waals surface area contributed by atoms with Crippen LogP contribution < -0.4 is 5.32 Å². The van der Waals surface area contributed by atoms with Crippen LogP contribution in [0.15, 0.2) is 24.3 Å². The molecule has 0 aliphatic carbocycles. The molecule has 0 aliphatic heterocycles. The second-order valence-corrected chi connectivity index (χ2v) is 3.18. The average molecular weight is 191 g/mol. The molecular weight excluding hydrogens is 177 g/mol. The Morgan fingerprint density at radius 1 is 1.57 bits per heavy atom. The van der Waals surface area contributed by atoms with E-state index in [0.29, 0.717) is 6.42 Å². The molecule has 1 N–H and O–H groups in total. The first-order valence-corrected chi connectivity index (χ1v) is 4.66. The second kappa shape index (κ2) is 5.41. The Labute approximate surface area is 84.3 Å². The third-order valence-electron chi connectivity index (χ3n) is 2.07. The Kier molecular flexibility index (Phi) is 4.15. The third kappa shape index (κ3) is 3.20. The van der Waals surface area contributed by atoms with Crippen LogP contribution in [0.2, 0.25) is 0 Å². The smallest absolute Gasteiger partial charge is 0.123 e. The molecule has 0 saturated carbocycles. The summed E-state index contributed by atoms with van der Waals surface area (Å²) in [5.41, 5.74) is 0.946. The minimum atomic E-state index is -0.201. The van der Waals surface area contributed by atoms with Crippen molar-refractivity contribution < 1.29 is 4.39 Å². The summed E-state index contributed by atoms with van der Waals surface area (Å²) in [6.07, 6.45) is 5.82. The maximum absolute atomic E-state index is 12.9. The van der Waals surface area contributed by atoms with Gasteiger partial charge in [0.1, 0.15) is 5.82 Å². The van der Waals surface area contributed by atoms with E-state index in [1.54, 1.807) is 6.07 Å². The lowest BCUT2D eigenvalue weighted by atomic mass is 10.1. The molecule has 1 atom stereocenters. The maximum atomic E-state index is 12.9. The molecule has 1 aromatic rings. The number of hydrogen-bond donors (Lipinski definition) is 1. The summed E-state index contributed by atoms with van der Waals surface area (Å²) in [6.45, 7) is 2.75. The zero-order chi connectivity index (χ0) is 10.4. The van der Waals surface area contributed by atoms with Gasteiger partial charge < -0.3 is 5.32 Å². The first-order valence-electron chi connectivity index (χ1n) is 4.66. The van der Waals surface area contributed by atoms with Crippen LogP contribution in [0.4, 0.5) is 4.39 Å². The Balaban J connectivity index is 2.52. The van der Waals surface area contributed by atoms with Crippen LogP contribution in [0.25, 0.3) is 0 Å². The molecule has 74 valence electrons. The molecule has 0 unspecified atom stereocenters. The molecule has 1 aromatic carbocycles. The van der Waals surface area contributed by atoms with Crippen molar-refractivity contribution in [1.29, 1.82) is 0 Å². The molecule has 0 heterocycles. The van der Waals surface area contributed by atoms with Gasteiger partial charge in [-0.3, -0.25) is 0 Å². The molecule has 14 heavy (non-hydrogen) atoms. The molecule has 2 heteroatoms. The summed E-state index contributed by atoms with van der Waals surface area (Å²) in [7, 11) is 0. The van der Waals surface area contributed by atoms with Gasteiger partial charge >= 0.3 is 0 Å². The zero-order valence-corrected chi connectivity index (χ0v) is 8.26. The summed E-state index contributed by atoms with van der Waals surface area (Å²) in [5.74, 6) is 2.35. The van der Waals surface area contributed by atoms with E-state index in [1.807, 2.05) is 13.0 Å². The van der Waals surface area contributed by atoms with Crippen molar-refractivity contribution in [3.8, 4) is 12.3 Å². The molecule has 0 aromatic heterocycles. The quantitative estimate of drug-likeness (QED) is 0.569. The fraction of sp³-hybridized carbons (Fsp3) is 0.333. The molecule has 1 nitrogen and oxygen atoms in total. The van der Waals surface area contributed by atoms with Crippen LogP contribution in [0.1, 0.15) is 24.9 Å². The molecule has 1 rings (SSSR count). The van der Waals surface area contributed by atoms with Gasteiger partial charge in [0.2, 0.25) is 0 Å². The van der Waals surface area contributed by atoms with Crippen molar-refractivity contribution in [2.24, 2.45) is 0 Å². The highest BCUT2D eigenvalue weighted by molar-refractivity contribution is 5.19. The third-order valence-corrected chi connectivity index (χ3v) is 2.07. The molecule has 0 radical (unpaired) electrons. The SMILES string of the molecule is C#CCCN[C@@H](C)c1cccc(F)c1. The number of rotatable bonds is 4. The van der Waals surface area contributed by atoms with E-state index >= 15 is 0 Å². The van der Waals surface area contributed by atoms with Crippen LogP contribution in [0, 0.1) is 18.2 Å². The molecule has 0 bridgehead atoms. The first-order chi connectivity index (χ1) is 6.74. The number of nitrogens with one attached hydrogen (secondary N) is 1. The van der Waals surface area contributed by atoms with Gasteiger partial charge in [0.15, 0.2) is 0 Å². The van der Waals surface area contributed by atoms with E-state index in [-0.39, 0.29) is 11.9 Å². The minimum absolute atomic E-state index is 0.138. The highest BCUT2D eigenvalue weighted by atomic mass is 19.1. The number of halogens is 1. The summed E-state index contributed by atoms with van der Waals surface area (Å²) >= 11 is 0. The maximum Gasteiger partial charge on any atom is 0.123 e. The van der Waals surface area contributed by atoms with Gasteiger partial charge in [0, 0.05) is 19.0 Å². The predicted octanol–water partition coefficient (Wildman–Crippen LogP) is 2.50. The van der Waals surface area contributed by atoms with Gasteiger partial charge in [-0.05, 0) is 24.6 Å². The number of terminal acetylenes is 1. The van der Waals surface area contributed by atoms with E-state index < -0.39 is 0 Å². The Morgan fingerprint density at radius 3 is 3.00 bits per heavy atom.